The maximum Gasteiger partial charge on any atom is 0.337 e. The van der Waals surface area contributed by atoms with Crippen LogP contribution < -0.4 is 0 Å². The number of nitrogens with zero attached hydrogens (tertiary/aromatic N) is 3. The summed E-state index contributed by atoms with van der Waals surface area (Å²) in [5.74, 6) is -0.861. The number of methoxy groups -OCH3 is 1. The van der Waals surface area contributed by atoms with Gasteiger partial charge >= 0.3 is 5.97 Å². The summed E-state index contributed by atoms with van der Waals surface area (Å²) in [7, 11) is 3.01. The maximum absolute atomic E-state index is 13.4. The molecule has 37 heavy (non-hydrogen) atoms. The van der Waals surface area contributed by atoms with Gasteiger partial charge in [0.05, 0.1) is 23.3 Å². The van der Waals surface area contributed by atoms with E-state index in [1.165, 1.54) is 35.9 Å². The Kier molecular flexibility index (Phi) is 6.67. The lowest BCUT2D eigenvalue weighted by Crippen LogP contribution is -2.23. The van der Waals surface area contributed by atoms with Gasteiger partial charge in [0, 0.05) is 35.8 Å². The molecule has 2 heterocycles. The molecule has 1 aliphatic rings. The summed E-state index contributed by atoms with van der Waals surface area (Å²) in [6.45, 7) is 2.61. The Labute approximate surface area is 218 Å². The quantitative estimate of drug-likeness (QED) is 0.237. The number of esters is 1. The molecule has 1 saturated heterocycles. The number of amidine groups is 1. The number of aromatic nitrogens is 1. The number of thioether (sulfide) groups is 1. The Hall–Kier alpha value is -4.17. The normalized spacial score (nSPS) is 15.8. The zero-order valence-electron chi connectivity index (χ0n) is 20.6. The number of carbonyl (C=O) groups excluding carboxylic acids is 2. The van der Waals surface area contributed by atoms with Crippen molar-refractivity contribution in [2.24, 2.45) is 4.99 Å². The van der Waals surface area contributed by atoms with Crippen molar-refractivity contribution in [2.75, 3.05) is 14.2 Å². The van der Waals surface area contributed by atoms with E-state index in [1.807, 2.05) is 37.3 Å². The van der Waals surface area contributed by atoms with Crippen LogP contribution in [0.1, 0.15) is 27.2 Å². The highest BCUT2D eigenvalue weighted by Gasteiger charge is 2.31. The van der Waals surface area contributed by atoms with Crippen molar-refractivity contribution in [3.05, 3.63) is 106 Å². The summed E-state index contributed by atoms with van der Waals surface area (Å²) < 4.78 is 20.4. The molecule has 0 N–H and O–H groups in total. The van der Waals surface area contributed by atoms with Gasteiger partial charge in [-0.1, -0.05) is 36.4 Å². The van der Waals surface area contributed by atoms with Crippen LogP contribution in [0.25, 0.3) is 17.0 Å². The first-order valence-corrected chi connectivity index (χ1v) is 12.4. The molecular weight excluding hydrogens is 489 g/mol. The molecule has 0 saturated carbocycles. The fourth-order valence-electron chi connectivity index (χ4n) is 4.33. The number of likely N-dealkylation sites (N-methyl/N-ethyl adjacent to an activating group) is 1. The number of carbonyl (C=O) groups is 2. The Morgan fingerprint density at radius 3 is 2.59 bits per heavy atom. The molecule has 0 unspecified atom stereocenters. The van der Waals surface area contributed by atoms with Crippen LogP contribution in [0.4, 0.5) is 10.1 Å². The van der Waals surface area contributed by atoms with Crippen LogP contribution in [0.15, 0.2) is 82.7 Å². The van der Waals surface area contributed by atoms with Crippen molar-refractivity contribution < 1.29 is 18.7 Å². The third kappa shape index (κ3) is 4.80. The molecule has 0 bridgehead atoms. The second-order valence-electron chi connectivity index (χ2n) is 8.64. The van der Waals surface area contributed by atoms with Crippen molar-refractivity contribution in [3.63, 3.8) is 0 Å². The molecule has 1 amide bonds. The van der Waals surface area contributed by atoms with E-state index in [4.69, 9.17) is 4.74 Å². The van der Waals surface area contributed by atoms with Crippen LogP contribution in [0.3, 0.4) is 0 Å². The smallest absolute Gasteiger partial charge is 0.337 e. The van der Waals surface area contributed by atoms with Gasteiger partial charge in [0.2, 0.25) is 0 Å². The molecule has 4 aromatic rings. The number of ether oxygens (including phenoxy) is 1. The van der Waals surface area contributed by atoms with E-state index >= 15 is 0 Å². The minimum atomic E-state index is -0.446. The molecule has 8 heteroatoms. The summed E-state index contributed by atoms with van der Waals surface area (Å²) in [6.07, 6.45) is 1.91. The average Bonchev–Trinajstić information content (AvgIpc) is 3.33. The van der Waals surface area contributed by atoms with E-state index in [0.717, 1.165) is 27.7 Å². The lowest BCUT2D eigenvalue weighted by molar-refractivity contribution is -0.121. The van der Waals surface area contributed by atoms with E-state index in [-0.39, 0.29) is 11.7 Å². The minimum absolute atomic E-state index is 0.150. The van der Waals surface area contributed by atoms with Gasteiger partial charge in [0.1, 0.15) is 5.82 Å². The Morgan fingerprint density at radius 1 is 1.08 bits per heavy atom. The Balaban J connectivity index is 1.51. The minimum Gasteiger partial charge on any atom is -0.465 e. The van der Waals surface area contributed by atoms with E-state index in [2.05, 4.69) is 9.56 Å². The first-order chi connectivity index (χ1) is 17.9. The van der Waals surface area contributed by atoms with Gasteiger partial charge in [-0.25, -0.2) is 14.2 Å². The average molecular weight is 514 g/mol. The number of fused-ring (bicyclic) bond motifs is 1. The summed E-state index contributed by atoms with van der Waals surface area (Å²) in [6, 6.07) is 21.3. The van der Waals surface area contributed by atoms with Gasteiger partial charge in [-0.05, 0) is 66.7 Å². The Morgan fingerprint density at radius 2 is 1.84 bits per heavy atom. The van der Waals surface area contributed by atoms with Crippen molar-refractivity contribution in [1.82, 2.24) is 9.47 Å². The SMILES string of the molecule is COC(=O)c1cccc(N=C2SC(=Cc3c(C)n(Cc4ccc(F)cc4)c4ccccc34)C(=O)N2C)c1. The third-order valence-corrected chi connectivity index (χ3v) is 7.36. The van der Waals surface area contributed by atoms with E-state index < -0.39 is 5.97 Å². The topological polar surface area (TPSA) is 63.9 Å². The number of benzene rings is 3. The monoisotopic (exact) mass is 513 g/mol. The first kappa shape index (κ1) is 24.5. The molecule has 0 atom stereocenters. The predicted octanol–water partition coefficient (Wildman–Crippen LogP) is 6.16. The zero-order valence-corrected chi connectivity index (χ0v) is 21.4. The highest BCUT2D eigenvalue weighted by Crippen LogP contribution is 2.36. The highest BCUT2D eigenvalue weighted by atomic mass is 32.2. The zero-order chi connectivity index (χ0) is 26.1. The molecule has 0 spiro atoms. The van der Waals surface area contributed by atoms with Crippen LogP contribution >= 0.6 is 11.8 Å². The molecule has 0 aliphatic carbocycles. The van der Waals surface area contributed by atoms with Gasteiger partial charge in [0.15, 0.2) is 5.17 Å². The van der Waals surface area contributed by atoms with Crippen LogP contribution in [0.5, 0.6) is 0 Å². The fourth-order valence-corrected chi connectivity index (χ4v) is 5.30. The third-order valence-electron chi connectivity index (χ3n) is 6.30. The number of hydrogen-bond donors (Lipinski definition) is 0. The summed E-state index contributed by atoms with van der Waals surface area (Å²) in [5, 5.41) is 1.55. The van der Waals surface area contributed by atoms with Gasteiger partial charge in [0.25, 0.3) is 5.91 Å². The van der Waals surface area contributed by atoms with Crippen molar-refractivity contribution in [2.45, 2.75) is 13.5 Å². The van der Waals surface area contributed by atoms with Gasteiger partial charge < -0.3 is 9.30 Å². The molecule has 1 aliphatic heterocycles. The largest absolute Gasteiger partial charge is 0.465 e. The molecular formula is C29H24FN3O3S. The number of aliphatic imine (C=N–C) groups is 1. The van der Waals surface area contributed by atoms with Crippen LogP contribution in [0.2, 0.25) is 0 Å². The summed E-state index contributed by atoms with van der Waals surface area (Å²) in [4.78, 5) is 31.7. The summed E-state index contributed by atoms with van der Waals surface area (Å²) in [5.41, 5.74) is 4.92. The lowest BCUT2D eigenvalue weighted by Gasteiger charge is -2.09. The number of halogens is 1. The molecule has 3 aromatic carbocycles. The second-order valence-corrected chi connectivity index (χ2v) is 9.65. The first-order valence-electron chi connectivity index (χ1n) is 11.6. The number of hydrogen-bond acceptors (Lipinski definition) is 5. The van der Waals surface area contributed by atoms with Gasteiger partial charge in [-0.3, -0.25) is 9.69 Å². The predicted molar refractivity (Wildman–Crippen MR) is 145 cm³/mol. The van der Waals surface area contributed by atoms with Crippen LogP contribution in [-0.2, 0) is 16.1 Å². The Bertz CT molecular complexity index is 1590. The van der Waals surface area contributed by atoms with Crippen molar-refractivity contribution >= 4 is 51.5 Å². The molecule has 6 nitrogen and oxygen atoms in total. The standard InChI is InChI=1S/C29H24FN3O3S/c1-18-24(23-9-4-5-10-25(23)33(18)17-19-11-13-21(30)14-12-19)16-26-27(34)32(2)29(37-26)31-22-8-6-7-20(15-22)28(35)36-3/h4-16H,17H2,1-3H3. The van der Waals surface area contributed by atoms with Crippen LogP contribution in [-0.4, -0.2) is 40.7 Å². The number of amides is 1. The highest BCUT2D eigenvalue weighted by molar-refractivity contribution is 8.18. The van der Waals surface area contributed by atoms with E-state index in [0.29, 0.717) is 27.9 Å². The van der Waals surface area contributed by atoms with E-state index in [9.17, 15) is 14.0 Å². The molecule has 186 valence electrons. The lowest BCUT2D eigenvalue weighted by atomic mass is 10.1. The van der Waals surface area contributed by atoms with Crippen molar-refractivity contribution in [3.8, 4) is 0 Å². The maximum atomic E-state index is 13.4. The second kappa shape index (κ2) is 10.1. The van der Waals surface area contributed by atoms with Crippen molar-refractivity contribution in [1.29, 1.82) is 0 Å². The molecule has 1 aromatic heterocycles. The van der Waals surface area contributed by atoms with E-state index in [1.54, 1.807) is 43.4 Å². The molecule has 1 fully saturated rings. The number of rotatable bonds is 5. The molecule has 5 rings (SSSR count). The number of para-hydroxylation sites is 1. The van der Waals surface area contributed by atoms with Crippen LogP contribution in [0, 0.1) is 12.7 Å². The van der Waals surface area contributed by atoms with Gasteiger partial charge in [-0.15, -0.1) is 0 Å². The fraction of sp³-hybridized carbons (Fsp3) is 0.138. The molecule has 0 radical (unpaired) electrons. The van der Waals surface area contributed by atoms with Gasteiger partial charge in [-0.2, -0.15) is 0 Å². The summed E-state index contributed by atoms with van der Waals surface area (Å²) >= 11 is 1.29.